The molecule has 14 heavy (non-hydrogen) atoms. The highest BCUT2D eigenvalue weighted by molar-refractivity contribution is 7.07. The first-order valence-electron chi connectivity index (χ1n) is 4.33. The van der Waals surface area contributed by atoms with Gasteiger partial charge in [0.15, 0.2) is 0 Å². The molecule has 0 saturated carbocycles. The van der Waals surface area contributed by atoms with Gasteiger partial charge in [-0.05, 0) is 29.3 Å². The predicted molar refractivity (Wildman–Crippen MR) is 52.7 cm³/mol. The molecule has 1 aromatic rings. The minimum absolute atomic E-state index is 0.00495. The smallest absolute Gasteiger partial charge is 0.265 e. The molecule has 0 saturated heterocycles. The Morgan fingerprint density at radius 1 is 1.57 bits per heavy atom. The molecular formula is C9H13F2NOS. The van der Waals surface area contributed by atoms with Crippen molar-refractivity contribution in [1.29, 1.82) is 0 Å². The van der Waals surface area contributed by atoms with Crippen molar-refractivity contribution < 1.29 is 13.9 Å². The van der Waals surface area contributed by atoms with Crippen molar-refractivity contribution in [2.75, 3.05) is 6.54 Å². The predicted octanol–water partition coefficient (Wildman–Crippen LogP) is 2.02. The van der Waals surface area contributed by atoms with Gasteiger partial charge >= 0.3 is 0 Å². The summed E-state index contributed by atoms with van der Waals surface area (Å²) in [5.41, 5.74) is 1.05. The summed E-state index contributed by atoms with van der Waals surface area (Å²) >= 11 is 1.56. The van der Waals surface area contributed by atoms with E-state index in [1.165, 1.54) is 0 Å². The highest BCUT2D eigenvalue weighted by Gasteiger charge is 2.17. The molecule has 0 aliphatic heterocycles. The molecule has 0 aliphatic carbocycles. The molecule has 2 atom stereocenters. The minimum Gasteiger partial charge on any atom is -0.386 e. The molecule has 0 radical (unpaired) electrons. The van der Waals surface area contributed by atoms with E-state index in [1.54, 1.807) is 11.3 Å². The zero-order valence-electron chi connectivity index (χ0n) is 7.78. The van der Waals surface area contributed by atoms with Crippen LogP contribution in [-0.4, -0.2) is 24.2 Å². The van der Waals surface area contributed by atoms with E-state index < -0.39 is 12.5 Å². The maximum atomic E-state index is 11.9. The lowest BCUT2D eigenvalue weighted by Crippen LogP contribution is -2.33. The van der Waals surface area contributed by atoms with E-state index in [-0.39, 0.29) is 12.6 Å². The maximum absolute atomic E-state index is 11.9. The van der Waals surface area contributed by atoms with E-state index in [1.807, 2.05) is 23.8 Å². The van der Waals surface area contributed by atoms with Crippen molar-refractivity contribution in [3.05, 3.63) is 22.4 Å². The molecule has 1 aromatic heterocycles. The molecule has 80 valence electrons. The van der Waals surface area contributed by atoms with E-state index >= 15 is 0 Å². The Morgan fingerprint density at radius 3 is 2.79 bits per heavy atom. The number of hydrogen-bond donors (Lipinski definition) is 2. The second-order valence-electron chi connectivity index (χ2n) is 3.09. The van der Waals surface area contributed by atoms with Crippen molar-refractivity contribution in [1.82, 2.24) is 5.32 Å². The second kappa shape index (κ2) is 5.38. The van der Waals surface area contributed by atoms with E-state index in [0.717, 1.165) is 5.56 Å². The van der Waals surface area contributed by atoms with Gasteiger partial charge in [-0.1, -0.05) is 0 Å². The lowest BCUT2D eigenvalue weighted by molar-refractivity contribution is -0.00438. The van der Waals surface area contributed by atoms with Crippen molar-refractivity contribution in [3.63, 3.8) is 0 Å². The molecule has 0 aliphatic rings. The van der Waals surface area contributed by atoms with Gasteiger partial charge in [0.2, 0.25) is 0 Å². The van der Waals surface area contributed by atoms with E-state index in [4.69, 9.17) is 5.11 Å². The SMILES string of the molecule is CC(NCC(O)C(F)F)c1ccsc1. The fourth-order valence-corrected chi connectivity index (χ4v) is 1.78. The summed E-state index contributed by atoms with van der Waals surface area (Å²) < 4.78 is 23.9. The summed E-state index contributed by atoms with van der Waals surface area (Å²) in [6.45, 7) is 1.79. The Bertz CT molecular complexity index is 253. The summed E-state index contributed by atoms with van der Waals surface area (Å²) in [4.78, 5) is 0. The second-order valence-corrected chi connectivity index (χ2v) is 3.87. The molecule has 0 bridgehead atoms. The molecule has 1 heterocycles. The molecular weight excluding hydrogens is 208 g/mol. The Hall–Kier alpha value is -0.520. The molecule has 0 spiro atoms. The van der Waals surface area contributed by atoms with Crippen LogP contribution in [0.5, 0.6) is 0 Å². The van der Waals surface area contributed by atoms with Crippen LogP contribution in [0.3, 0.4) is 0 Å². The lowest BCUT2D eigenvalue weighted by atomic mass is 10.2. The average Bonchev–Trinajstić information content (AvgIpc) is 2.66. The summed E-state index contributed by atoms with van der Waals surface area (Å²) in [5, 5.41) is 15.6. The molecule has 2 unspecified atom stereocenters. The third-order valence-electron chi connectivity index (χ3n) is 1.97. The van der Waals surface area contributed by atoms with Crippen LogP contribution in [0.4, 0.5) is 8.78 Å². The average molecular weight is 221 g/mol. The first kappa shape index (κ1) is 11.6. The Morgan fingerprint density at radius 2 is 2.29 bits per heavy atom. The van der Waals surface area contributed by atoms with E-state index in [9.17, 15) is 8.78 Å². The number of aliphatic hydroxyl groups excluding tert-OH is 1. The quantitative estimate of drug-likeness (QED) is 0.797. The molecule has 2 nitrogen and oxygen atoms in total. The highest BCUT2D eigenvalue weighted by atomic mass is 32.1. The van der Waals surface area contributed by atoms with Crippen LogP contribution in [0.15, 0.2) is 16.8 Å². The van der Waals surface area contributed by atoms with E-state index in [0.29, 0.717) is 0 Å². The van der Waals surface area contributed by atoms with Crippen molar-refractivity contribution in [2.24, 2.45) is 0 Å². The van der Waals surface area contributed by atoms with Crippen LogP contribution in [0.2, 0.25) is 0 Å². The van der Waals surface area contributed by atoms with Gasteiger partial charge in [0.05, 0.1) is 0 Å². The Balaban J connectivity index is 2.32. The van der Waals surface area contributed by atoms with Gasteiger partial charge in [-0.25, -0.2) is 8.78 Å². The van der Waals surface area contributed by atoms with Gasteiger partial charge in [0, 0.05) is 12.6 Å². The first-order valence-corrected chi connectivity index (χ1v) is 5.27. The lowest BCUT2D eigenvalue weighted by Gasteiger charge is -2.15. The van der Waals surface area contributed by atoms with Gasteiger partial charge in [-0.15, -0.1) is 0 Å². The third kappa shape index (κ3) is 3.32. The fourth-order valence-electron chi connectivity index (χ4n) is 1.03. The normalized spacial score (nSPS) is 15.8. The molecule has 0 amide bonds. The number of rotatable bonds is 5. The molecule has 0 fully saturated rings. The third-order valence-corrected chi connectivity index (χ3v) is 2.67. The van der Waals surface area contributed by atoms with Gasteiger partial charge < -0.3 is 10.4 Å². The fraction of sp³-hybridized carbons (Fsp3) is 0.556. The number of hydrogen-bond acceptors (Lipinski definition) is 3. The maximum Gasteiger partial charge on any atom is 0.265 e. The highest BCUT2D eigenvalue weighted by Crippen LogP contribution is 2.15. The Kier molecular flexibility index (Phi) is 4.44. The summed E-state index contributed by atoms with van der Waals surface area (Å²) in [6.07, 6.45) is -4.27. The molecule has 2 N–H and O–H groups in total. The number of halogens is 2. The minimum atomic E-state index is -2.68. The van der Waals surface area contributed by atoms with E-state index in [2.05, 4.69) is 5.32 Å². The topological polar surface area (TPSA) is 32.3 Å². The van der Waals surface area contributed by atoms with Crippen molar-refractivity contribution in [3.8, 4) is 0 Å². The number of thiophene rings is 1. The van der Waals surface area contributed by atoms with Crippen LogP contribution in [0.1, 0.15) is 18.5 Å². The van der Waals surface area contributed by atoms with Crippen molar-refractivity contribution >= 4 is 11.3 Å². The van der Waals surface area contributed by atoms with Crippen LogP contribution in [0.25, 0.3) is 0 Å². The summed E-state index contributed by atoms with van der Waals surface area (Å²) in [5.74, 6) is 0. The first-order chi connectivity index (χ1) is 6.61. The largest absolute Gasteiger partial charge is 0.386 e. The number of aliphatic hydroxyl groups is 1. The van der Waals surface area contributed by atoms with Crippen LogP contribution < -0.4 is 5.32 Å². The van der Waals surface area contributed by atoms with Crippen LogP contribution in [-0.2, 0) is 0 Å². The molecule has 0 aromatic carbocycles. The standard InChI is InChI=1S/C9H13F2NOS/c1-6(7-2-3-14-5-7)12-4-8(13)9(10)11/h2-3,5-6,8-9,12-13H,4H2,1H3. The zero-order chi connectivity index (χ0) is 10.6. The Labute approximate surface area is 85.6 Å². The number of alkyl halides is 2. The van der Waals surface area contributed by atoms with Crippen molar-refractivity contribution in [2.45, 2.75) is 25.5 Å². The molecule has 1 rings (SSSR count). The van der Waals surface area contributed by atoms with Gasteiger partial charge in [0.25, 0.3) is 6.43 Å². The molecule has 5 heteroatoms. The van der Waals surface area contributed by atoms with Gasteiger partial charge in [-0.3, -0.25) is 0 Å². The summed E-state index contributed by atoms with van der Waals surface area (Å²) in [7, 11) is 0. The monoisotopic (exact) mass is 221 g/mol. The number of nitrogens with one attached hydrogen (secondary N) is 1. The zero-order valence-corrected chi connectivity index (χ0v) is 8.60. The van der Waals surface area contributed by atoms with Gasteiger partial charge in [0.1, 0.15) is 6.10 Å². The van der Waals surface area contributed by atoms with Crippen LogP contribution >= 0.6 is 11.3 Å². The summed E-state index contributed by atoms with van der Waals surface area (Å²) in [6, 6.07) is 1.92. The van der Waals surface area contributed by atoms with Gasteiger partial charge in [-0.2, -0.15) is 11.3 Å². The van der Waals surface area contributed by atoms with Crippen LogP contribution in [0, 0.1) is 0 Å².